The lowest BCUT2D eigenvalue weighted by atomic mass is 10.1. The first kappa shape index (κ1) is 16.8. The maximum Gasteiger partial charge on any atom is 0.280 e. The first-order valence-corrected chi connectivity index (χ1v) is 8.22. The van der Waals surface area contributed by atoms with E-state index in [9.17, 15) is 14.4 Å². The molecule has 3 rings (SSSR count). The van der Waals surface area contributed by atoms with Crippen LogP contribution in [0.2, 0.25) is 0 Å². The summed E-state index contributed by atoms with van der Waals surface area (Å²) < 4.78 is 0. The molecule has 1 aliphatic heterocycles. The monoisotopic (exact) mass is 337 g/mol. The van der Waals surface area contributed by atoms with Gasteiger partial charge in [-0.2, -0.15) is 0 Å². The Bertz CT molecular complexity index is 826. The maximum atomic E-state index is 12.3. The van der Waals surface area contributed by atoms with Gasteiger partial charge in [-0.05, 0) is 36.6 Å². The Labute approximate surface area is 145 Å². The third kappa shape index (κ3) is 3.15. The van der Waals surface area contributed by atoms with Gasteiger partial charge < -0.3 is 5.32 Å². The molecule has 0 saturated heterocycles. The molecule has 6 heteroatoms. The van der Waals surface area contributed by atoms with Crippen molar-refractivity contribution in [2.75, 3.05) is 11.9 Å². The second-order valence-corrected chi connectivity index (χ2v) is 5.92. The number of pyridine rings is 1. The molecule has 128 valence electrons. The fourth-order valence-electron chi connectivity index (χ4n) is 2.93. The molecule has 1 aromatic carbocycles. The van der Waals surface area contributed by atoms with Crippen LogP contribution in [0.5, 0.6) is 0 Å². The molecule has 6 nitrogen and oxygen atoms in total. The van der Waals surface area contributed by atoms with Crippen LogP contribution in [0.3, 0.4) is 0 Å². The molecule has 1 aromatic heterocycles. The number of hydrogen-bond donors (Lipinski definition) is 1. The Morgan fingerprint density at radius 1 is 1.16 bits per heavy atom. The highest BCUT2D eigenvalue weighted by atomic mass is 16.2. The normalized spacial score (nSPS) is 13.1. The standard InChI is InChI=1S/C19H19N3O3/c1-3-13-7-4-6-12(2)16(13)21-15(23)9-11-22-18(24)14-8-5-10-20-17(14)19(22)25/h4-8,10H,3,9,11H2,1-2H3,(H,21,23). The van der Waals surface area contributed by atoms with E-state index in [1.165, 1.54) is 6.20 Å². The summed E-state index contributed by atoms with van der Waals surface area (Å²) in [7, 11) is 0. The average Bonchev–Trinajstić information content (AvgIpc) is 2.86. The third-order valence-corrected chi connectivity index (χ3v) is 4.30. The number of benzene rings is 1. The second-order valence-electron chi connectivity index (χ2n) is 5.92. The van der Waals surface area contributed by atoms with Gasteiger partial charge in [0.2, 0.25) is 5.91 Å². The van der Waals surface area contributed by atoms with Crippen molar-refractivity contribution in [1.29, 1.82) is 0 Å². The predicted octanol–water partition coefficient (Wildman–Crippen LogP) is 2.58. The topological polar surface area (TPSA) is 79.4 Å². The molecule has 0 spiro atoms. The molecule has 0 fully saturated rings. The van der Waals surface area contributed by atoms with Crippen LogP contribution < -0.4 is 5.32 Å². The highest BCUT2D eigenvalue weighted by molar-refractivity contribution is 6.20. The lowest BCUT2D eigenvalue weighted by molar-refractivity contribution is -0.116. The zero-order valence-electron chi connectivity index (χ0n) is 14.2. The van der Waals surface area contributed by atoms with Crippen LogP contribution in [0.15, 0.2) is 36.5 Å². The van der Waals surface area contributed by atoms with E-state index in [2.05, 4.69) is 10.3 Å². The molecule has 2 aromatic rings. The molecule has 0 bridgehead atoms. The van der Waals surface area contributed by atoms with Gasteiger partial charge in [0, 0.05) is 24.8 Å². The van der Waals surface area contributed by atoms with Crippen LogP contribution in [-0.4, -0.2) is 34.2 Å². The number of anilines is 1. The Kier molecular flexibility index (Phi) is 4.61. The van der Waals surface area contributed by atoms with Gasteiger partial charge in [0.1, 0.15) is 5.69 Å². The molecule has 0 aliphatic carbocycles. The fraction of sp³-hybridized carbons (Fsp3) is 0.263. The maximum absolute atomic E-state index is 12.3. The zero-order chi connectivity index (χ0) is 18.0. The molecular weight excluding hydrogens is 318 g/mol. The van der Waals surface area contributed by atoms with Gasteiger partial charge in [-0.3, -0.25) is 24.3 Å². The SMILES string of the molecule is CCc1cccc(C)c1NC(=O)CCN1C(=O)c2cccnc2C1=O. The van der Waals surface area contributed by atoms with Gasteiger partial charge in [-0.25, -0.2) is 0 Å². The number of nitrogens with zero attached hydrogens (tertiary/aromatic N) is 2. The first-order chi connectivity index (χ1) is 12.0. The summed E-state index contributed by atoms with van der Waals surface area (Å²) in [4.78, 5) is 41.8. The Balaban J connectivity index is 1.66. The predicted molar refractivity (Wildman–Crippen MR) is 93.4 cm³/mol. The molecule has 1 N–H and O–H groups in total. The number of para-hydroxylation sites is 1. The van der Waals surface area contributed by atoms with E-state index in [0.29, 0.717) is 5.56 Å². The molecule has 3 amide bonds. The summed E-state index contributed by atoms with van der Waals surface area (Å²) in [5, 5.41) is 2.90. The number of carbonyl (C=O) groups excluding carboxylic acids is 3. The fourth-order valence-corrected chi connectivity index (χ4v) is 2.93. The second kappa shape index (κ2) is 6.84. The molecule has 0 radical (unpaired) electrons. The number of nitrogens with one attached hydrogen (secondary N) is 1. The van der Waals surface area contributed by atoms with Crippen LogP contribution >= 0.6 is 0 Å². The third-order valence-electron chi connectivity index (χ3n) is 4.30. The van der Waals surface area contributed by atoms with Crippen molar-refractivity contribution in [3.63, 3.8) is 0 Å². The van der Waals surface area contributed by atoms with E-state index in [0.717, 1.165) is 28.1 Å². The first-order valence-electron chi connectivity index (χ1n) is 8.22. The van der Waals surface area contributed by atoms with E-state index in [4.69, 9.17) is 0 Å². The van der Waals surface area contributed by atoms with E-state index in [1.54, 1.807) is 12.1 Å². The summed E-state index contributed by atoms with van der Waals surface area (Å²) in [5.41, 5.74) is 3.29. The highest BCUT2D eigenvalue weighted by Crippen LogP contribution is 2.22. The number of fused-ring (bicyclic) bond motifs is 1. The molecule has 25 heavy (non-hydrogen) atoms. The number of imide groups is 1. The number of amides is 3. The van der Waals surface area contributed by atoms with Crippen LogP contribution in [-0.2, 0) is 11.2 Å². The van der Waals surface area contributed by atoms with Gasteiger partial charge in [-0.1, -0.05) is 25.1 Å². The quantitative estimate of drug-likeness (QED) is 0.851. The summed E-state index contributed by atoms with van der Waals surface area (Å²) in [6, 6.07) is 9.05. The molecule has 1 aliphatic rings. The summed E-state index contributed by atoms with van der Waals surface area (Å²) in [6.45, 7) is 3.99. The van der Waals surface area contributed by atoms with Crippen molar-refractivity contribution in [3.05, 3.63) is 58.9 Å². The molecule has 2 heterocycles. The van der Waals surface area contributed by atoms with Crippen LogP contribution in [0, 0.1) is 6.92 Å². The smallest absolute Gasteiger partial charge is 0.280 e. The molecule has 0 unspecified atom stereocenters. The lowest BCUT2D eigenvalue weighted by Gasteiger charge is -2.15. The summed E-state index contributed by atoms with van der Waals surface area (Å²) >= 11 is 0. The van der Waals surface area contributed by atoms with E-state index < -0.39 is 11.8 Å². The van der Waals surface area contributed by atoms with Crippen molar-refractivity contribution in [2.24, 2.45) is 0 Å². The van der Waals surface area contributed by atoms with Crippen molar-refractivity contribution in [3.8, 4) is 0 Å². The van der Waals surface area contributed by atoms with Gasteiger partial charge in [0.05, 0.1) is 5.56 Å². The number of rotatable bonds is 5. The van der Waals surface area contributed by atoms with Crippen molar-refractivity contribution >= 4 is 23.4 Å². The summed E-state index contributed by atoms with van der Waals surface area (Å²) in [6.07, 6.45) is 2.33. The van der Waals surface area contributed by atoms with E-state index >= 15 is 0 Å². The van der Waals surface area contributed by atoms with Crippen LogP contribution in [0.25, 0.3) is 0 Å². The molecule has 0 saturated carbocycles. The Morgan fingerprint density at radius 3 is 2.68 bits per heavy atom. The number of aryl methyl sites for hydroxylation is 2. The lowest BCUT2D eigenvalue weighted by Crippen LogP contribution is -2.33. The highest BCUT2D eigenvalue weighted by Gasteiger charge is 2.36. The van der Waals surface area contributed by atoms with Gasteiger partial charge in [-0.15, -0.1) is 0 Å². The zero-order valence-corrected chi connectivity index (χ0v) is 14.2. The van der Waals surface area contributed by atoms with Gasteiger partial charge in [0.25, 0.3) is 11.8 Å². The van der Waals surface area contributed by atoms with Gasteiger partial charge in [0.15, 0.2) is 0 Å². The average molecular weight is 337 g/mol. The van der Waals surface area contributed by atoms with E-state index in [-0.39, 0.29) is 24.6 Å². The number of carbonyl (C=O) groups is 3. The summed E-state index contributed by atoms with van der Waals surface area (Å²) in [5.74, 6) is -1.07. The minimum absolute atomic E-state index is 0.0349. The number of aromatic nitrogens is 1. The van der Waals surface area contributed by atoms with Crippen molar-refractivity contribution in [2.45, 2.75) is 26.7 Å². The molecule has 0 atom stereocenters. The largest absolute Gasteiger partial charge is 0.326 e. The van der Waals surface area contributed by atoms with E-state index in [1.807, 2.05) is 32.0 Å². The van der Waals surface area contributed by atoms with Crippen LogP contribution in [0.1, 0.15) is 45.3 Å². The van der Waals surface area contributed by atoms with Crippen molar-refractivity contribution in [1.82, 2.24) is 9.88 Å². The van der Waals surface area contributed by atoms with Crippen LogP contribution in [0.4, 0.5) is 5.69 Å². The number of hydrogen-bond acceptors (Lipinski definition) is 4. The minimum atomic E-state index is -0.446. The molecular formula is C19H19N3O3. The Morgan fingerprint density at radius 2 is 1.96 bits per heavy atom. The van der Waals surface area contributed by atoms with Crippen molar-refractivity contribution < 1.29 is 14.4 Å². The minimum Gasteiger partial charge on any atom is -0.326 e. The van der Waals surface area contributed by atoms with Gasteiger partial charge >= 0.3 is 0 Å². The Hall–Kier alpha value is -3.02.